The van der Waals surface area contributed by atoms with E-state index in [2.05, 4.69) is 37.2 Å². The summed E-state index contributed by atoms with van der Waals surface area (Å²) in [6, 6.07) is 1.81. The molecule has 0 aliphatic heterocycles. The highest BCUT2D eigenvalue weighted by Gasteiger charge is 2.34. The number of hydrogen-bond donors (Lipinski definition) is 2. The second-order valence-corrected chi connectivity index (χ2v) is 9.25. The summed E-state index contributed by atoms with van der Waals surface area (Å²) in [6.07, 6.45) is -0.323. The number of hydrogen-bond acceptors (Lipinski definition) is 7. The highest BCUT2D eigenvalue weighted by Crippen LogP contribution is 2.35. The van der Waals surface area contributed by atoms with Gasteiger partial charge >= 0.3 is 6.18 Å². The predicted octanol–water partition coefficient (Wildman–Crippen LogP) is 5.89. The Labute approximate surface area is 227 Å². The summed E-state index contributed by atoms with van der Waals surface area (Å²) >= 11 is 6.43. The van der Waals surface area contributed by atoms with Crippen molar-refractivity contribution < 1.29 is 31.5 Å². The molecule has 0 aromatic carbocycles. The lowest BCUT2D eigenvalue weighted by atomic mass is 10.1. The molecule has 15 heteroatoms. The van der Waals surface area contributed by atoms with Crippen LogP contribution in [0.15, 0.2) is 60.0 Å². The van der Waals surface area contributed by atoms with E-state index in [1.165, 1.54) is 19.2 Å². The molecule has 0 bridgehead atoms. The topological polar surface area (TPSA) is 109 Å². The lowest BCUT2D eigenvalue weighted by molar-refractivity contribution is -0.137. The largest absolute Gasteiger partial charge is 0.418 e. The molecule has 2 N–H and O–H groups in total. The number of nitrogens with zero attached hydrogens (tertiary/aromatic N) is 4. The molecule has 0 radical (unpaired) electrons. The fraction of sp³-hybridized carbons (Fsp3) is 0.167. The lowest BCUT2D eigenvalue weighted by Gasteiger charge is -2.12. The minimum absolute atomic E-state index is 0.0354. The highest BCUT2D eigenvalue weighted by molar-refractivity contribution is 7.13. The second kappa shape index (κ2) is 12.2. The van der Waals surface area contributed by atoms with E-state index >= 15 is 0 Å². The van der Waals surface area contributed by atoms with Crippen LogP contribution in [0.4, 0.5) is 27.8 Å². The van der Waals surface area contributed by atoms with Crippen LogP contribution in [0.2, 0.25) is 5.02 Å². The summed E-state index contributed by atoms with van der Waals surface area (Å²) in [5.74, 6) is -3.83. The average molecular weight is 585 g/mol. The maximum atomic E-state index is 13.5. The molecule has 0 fully saturated rings. The van der Waals surface area contributed by atoms with Crippen molar-refractivity contribution in [2.75, 3.05) is 5.32 Å². The molecule has 3 rings (SSSR count). The summed E-state index contributed by atoms with van der Waals surface area (Å²) in [5.41, 5.74) is -0.931. The van der Waals surface area contributed by atoms with Gasteiger partial charge in [-0.1, -0.05) is 18.2 Å². The number of anilines is 1. The third kappa shape index (κ3) is 7.74. The van der Waals surface area contributed by atoms with Gasteiger partial charge in [0, 0.05) is 35.7 Å². The van der Waals surface area contributed by atoms with Gasteiger partial charge in [-0.15, -0.1) is 11.3 Å². The number of nitrogens with one attached hydrogen (secondary N) is 2. The Morgan fingerprint density at radius 1 is 1.15 bits per heavy atom. The van der Waals surface area contributed by atoms with Crippen molar-refractivity contribution >= 4 is 46.3 Å². The van der Waals surface area contributed by atoms with Gasteiger partial charge in [0.15, 0.2) is 0 Å². The molecule has 0 aliphatic carbocycles. The first kappa shape index (κ1) is 29.5. The van der Waals surface area contributed by atoms with Gasteiger partial charge in [-0.2, -0.15) is 26.9 Å². The summed E-state index contributed by atoms with van der Waals surface area (Å²) < 4.78 is 66.2. The van der Waals surface area contributed by atoms with Crippen LogP contribution < -0.4 is 10.6 Å². The molecule has 0 saturated carbocycles. The number of rotatable bonds is 8. The maximum absolute atomic E-state index is 13.5. The Balaban J connectivity index is 1.71. The maximum Gasteiger partial charge on any atom is 0.418 e. The molecule has 0 aliphatic rings. The molecule has 1 atom stereocenters. The molecule has 3 aromatic rings. The van der Waals surface area contributed by atoms with Gasteiger partial charge in [0.25, 0.3) is 5.91 Å². The molecule has 0 saturated heterocycles. The van der Waals surface area contributed by atoms with E-state index in [4.69, 9.17) is 11.6 Å². The SMILES string of the molecule is C=CN=C(/C=C(\C)C(=O)NC(C)c1ncc(C(=O)Nc2cc(C(F)(F)F)c(Cl)cn2)s1)c1cc(F)nc(F)c1. The van der Waals surface area contributed by atoms with Gasteiger partial charge in [-0.25, -0.2) is 9.97 Å². The lowest BCUT2D eigenvalue weighted by Crippen LogP contribution is -2.27. The molecule has 204 valence electrons. The number of allylic oxidation sites excluding steroid dienone is 1. The first-order valence-corrected chi connectivity index (χ1v) is 12.0. The zero-order valence-electron chi connectivity index (χ0n) is 20.1. The smallest absolute Gasteiger partial charge is 0.343 e. The average Bonchev–Trinajstić information content (AvgIpc) is 3.34. The van der Waals surface area contributed by atoms with E-state index in [1.807, 2.05) is 0 Å². The van der Waals surface area contributed by atoms with Gasteiger partial charge < -0.3 is 10.6 Å². The predicted molar refractivity (Wildman–Crippen MR) is 136 cm³/mol. The number of thiazole rings is 1. The number of aliphatic imine (C=N–C) groups is 1. The number of halogens is 6. The Hall–Kier alpha value is -4.04. The molecular weight excluding hydrogens is 567 g/mol. The molecule has 0 spiro atoms. The molecule has 3 aromatic heterocycles. The Bertz CT molecular complexity index is 1470. The van der Waals surface area contributed by atoms with E-state index < -0.39 is 46.5 Å². The zero-order chi connectivity index (χ0) is 28.9. The fourth-order valence-electron chi connectivity index (χ4n) is 3.04. The normalized spacial score (nSPS) is 13.1. The Morgan fingerprint density at radius 3 is 2.44 bits per heavy atom. The van der Waals surface area contributed by atoms with Gasteiger partial charge in [0.1, 0.15) is 15.7 Å². The summed E-state index contributed by atoms with van der Waals surface area (Å²) in [7, 11) is 0. The van der Waals surface area contributed by atoms with Crippen LogP contribution >= 0.6 is 22.9 Å². The van der Waals surface area contributed by atoms with Crippen LogP contribution in [0.3, 0.4) is 0 Å². The quantitative estimate of drug-likeness (QED) is 0.148. The van der Waals surface area contributed by atoms with E-state index in [1.54, 1.807) is 6.92 Å². The third-order valence-electron chi connectivity index (χ3n) is 4.87. The number of pyridine rings is 2. The number of carbonyl (C=O) groups is 2. The van der Waals surface area contributed by atoms with Crippen LogP contribution in [0.5, 0.6) is 0 Å². The van der Waals surface area contributed by atoms with Crippen molar-refractivity contribution in [1.82, 2.24) is 20.3 Å². The van der Waals surface area contributed by atoms with Gasteiger partial charge in [-0.3, -0.25) is 14.6 Å². The molecule has 2 amide bonds. The number of carbonyl (C=O) groups excluding carboxylic acids is 2. The van der Waals surface area contributed by atoms with E-state index in [-0.39, 0.29) is 27.5 Å². The van der Waals surface area contributed by atoms with Crippen molar-refractivity contribution in [2.24, 2.45) is 4.99 Å². The summed E-state index contributed by atoms with van der Waals surface area (Å²) in [4.78, 5) is 40.0. The highest BCUT2D eigenvalue weighted by atomic mass is 35.5. The fourth-order valence-corrected chi connectivity index (χ4v) is 4.07. The van der Waals surface area contributed by atoms with Crippen molar-refractivity contribution in [3.63, 3.8) is 0 Å². The first-order chi connectivity index (χ1) is 18.3. The van der Waals surface area contributed by atoms with Crippen LogP contribution in [0, 0.1) is 11.9 Å². The standard InChI is InChI=1S/C24H18ClF5N6O2S/c1-4-31-16(13-6-18(26)35-19(27)7-13)5-11(2)21(37)34-12(3)23-33-10-17(39-23)22(38)36-20-8-14(24(28,29)30)15(25)9-32-20/h4-10,12H,1H2,2-3H3,(H,34,37)(H,32,36,38)/b11-5+,31-16?. The molecule has 1 unspecified atom stereocenters. The Kier molecular flexibility index (Phi) is 9.24. The number of aromatic nitrogens is 3. The monoisotopic (exact) mass is 584 g/mol. The Morgan fingerprint density at radius 2 is 1.82 bits per heavy atom. The van der Waals surface area contributed by atoms with Gasteiger partial charge in [-0.05, 0) is 26.0 Å². The minimum atomic E-state index is -4.74. The number of alkyl halides is 3. The van der Waals surface area contributed by atoms with E-state index in [0.717, 1.165) is 35.9 Å². The van der Waals surface area contributed by atoms with Crippen LogP contribution in [0.1, 0.15) is 45.7 Å². The van der Waals surface area contributed by atoms with E-state index in [0.29, 0.717) is 11.1 Å². The van der Waals surface area contributed by atoms with Crippen molar-refractivity contribution in [3.05, 3.63) is 93.0 Å². The second-order valence-electron chi connectivity index (χ2n) is 7.78. The third-order valence-corrected chi connectivity index (χ3v) is 6.35. The van der Waals surface area contributed by atoms with Gasteiger partial charge in [0.2, 0.25) is 17.8 Å². The van der Waals surface area contributed by atoms with Crippen LogP contribution in [-0.4, -0.2) is 32.5 Å². The molecule has 3 heterocycles. The number of amides is 2. The molecule has 39 heavy (non-hydrogen) atoms. The molecular formula is C24H18ClF5N6O2S. The molecule has 8 nitrogen and oxygen atoms in total. The first-order valence-electron chi connectivity index (χ1n) is 10.8. The minimum Gasteiger partial charge on any atom is -0.343 e. The van der Waals surface area contributed by atoms with Crippen molar-refractivity contribution in [2.45, 2.75) is 26.1 Å². The van der Waals surface area contributed by atoms with E-state index in [9.17, 15) is 31.5 Å². The van der Waals surface area contributed by atoms with Crippen LogP contribution in [-0.2, 0) is 11.0 Å². The van der Waals surface area contributed by atoms with Crippen molar-refractivity contribution in [1.29, 1.82) is 0 Å². The summed E-state index contributed by atoms with van der Waals surface area (Å²) in [6.45, 7) is 6.49. The van der Waals surface area contributed by atoms with Crippen molar-refractivity contribution in [3.8, 4) is 0 Å². The van der Waals surface area contributed by atoms with Gasteiger partial charge in [0.05, 0.1) is 28.5 Å². The zero-order valence-corrected chi connectivity index (χ0v) is 21.7. The van der Waals surface area contributed by atoms with Crippen LogP contribution in [0.25, 0.3) is 0 Å². The summed E-state index contributed by atoms with van der Waals surface area (Å²) in [5, 5.41) is 4.62.